The number of halogens is 3. The lowest BCUT2D eigenvalue weighted by Gasteiger charge is -2.24. The van der Waals surface area contributed by atoms with E-state index < -0.39 is 6.04 Å². The van der Waals surface area contributed by atoms with Crippen molar-refractivity contribution >= 4 is 50.9 Å². The molecule has 3 rings (SSSR count). The second-order valence-corrected chi connectivity index (χ2v) is 7.85. The van der Waals surface area contributed by atoms with E-state index in [0.29, 0.717) is 39.6 Å². The Balaban J connectivity index is 1.67. The van der Waals surface area contributed by atoms with Crippen molar-refractivity contribution in [2.75, 3.05) is 6.54 Å². The first-order valence-corrected chi connectivity index (χ1v) is 9.79. The van der Waals surface area contributed by atoms with Gasteiger partial charge in [-0.1, -0.05) is 35.3 Å². The molecule has 2 aromatic rings. The monoisotopic (exact) mass is 454 g/mol. The number of carbonyl (C=O) groups is 2. The van der Waals surface area contributed by atoms with Gasteiger partial charge in [0.15, 0.2) is 0 Å². The van der Waals surface area contributed by atoms with E-state index in [9.17, 15) is 9.59 Å². The third-order valence-corrected chi connectivity index (χ3v) is 5.50. The Morgan fingerprint density at radius 1 is 1.12 bits per heavy atom. The highest BCUT2D eigenvalue weighted by atomic mass is 79.9. The molecular weight excluding hydrogens is 439 g/mol. The highest BCUT2D eigenvalue weighted by molar-refractivity contribution is 9.10. The molecule has 1 aliphatic heterocycles. The number of amides is 2. The molecule has 1 aliphatic rings. The van der Waals surface area contributed by atoms with Crippen molar-refractivity contribution in [3.63, 3.8) is 0 Å². The van der Waals surface area contributed by atoms with Crippen LogP contribution in [-0.2, 0) is 11.3 Å². The predicted molar refractivity (Wildman–Crippen MR) is 107 cm³/mol. The normalized spacial score (nSPS) is 16.6. The minimum Gasteiger partial charge on any atom is -0.350 e. The van der Waals surface area contributed by atoms with E-state index in [4.69, 9.17) is 23.2 Å². The van der Waals surface area contributed by atoms with Crippen LogP contribution < -0.4 is 5.32 Å². The molecule has 7 heteroatoms. The van der Waals surface area contributed by atoms with Crippen LogP contribution in [0.5, 0.6) is 0 Å². The maximum absolute atomic E-state index is 12.9. The molecule has 0 aliphatic carbocycles. The molecule has 0 spiro atoms. The van der Waals surface area contributed by atoms with Gasteiger partial charge in [0.25, 0.3) is 5.91 Å². The second kappa shape index (κ2) is 8.42. The molecule has 1 saturated heterocycles. The Morgan fingerprint density at radius 2 is 1.81 bits per heavy atom. The molecular formula is C19H17BrCl2N2O2. The number of benzene rings is 2. The maximum Gasteiger partial charge on any atom is 0.255 e. The zero-order valence-electron chi connectivity index (χ0n) is 13.8. The first-order chi connectivity index (χ1) is 12.5. The molecule has 1 N–H and O–H groups in total. The van der Waals surface area contributed by atoms with Crippen molar-refractivity contribution in [1.82, 2.24) is 10.2 Å². The lowest BCUT2D eigenvalue weighted by atomic mass is 10.1. The fourth-order valence-electron chi connectivity index (χ4n) is 3.01. The van der Waals surface area contributed by atoms with Gasteiger partial charge in [-0.3, -0.25) is 9.59 Å². The molecule has 4 nitrogen and oxygen atoms in total. The molecule has 26 heavy (non-hydrogen) atoms. The number of nitrogens with zero attached hydrogens (tertiary/aromatic N) is 1. The van der Waals surface area contributed by atoms with Crippen molar-refractivity contribution < 1.29 is 9.59 Å². The van der Waals surface area contributed by atoms with Gasteiger partial charge in [-0.2, -0.15) is 0 Å². The lowest BCUT2D eigenvalue weighted by molar-refractivity contribution is -0.125. The van der Waals surface area contributed by atoms with Crippen molar-refractivity contribution in [2.24, 2.45) is 0 Å². The van der Waals surface area contributed by atoms with Gasteiger partial charge < -0.3 is 10.2 Å². The highest BCUT2D eigenvalue weighted by Gasteiger charge is 2.35. The van der Waals surface area contributed by atoms with Gasteiger partial charge in [-0.25, -0.2) is 0 Å². The van der Waals surface area contributed by atoms with Crippen LogP contribution in [0.2, 0.25) is 10.0 Å². The molecule has 0 saturated carbocycles. The van der Waals surface area contributed by atoms with E-state index in [2.05, 4.69) is 21.2 Å². The number of nitrogens with one attached hydrogen (secondary N) is 1. The Morgan fingerprint density at radius 3 is 2.50 bits per heavy atom. The van der Waals surface area contributed by atoms with E-state index in [1.54, 1.807) is 35.2 Å². The van der Waals surface area contributed by atoms with Crippen LogP contribution >= 0.6 is 39.1 Å². The van der Waals surface area contributed by atoms with Crippen LogP contribution in [0.15, 0.2) is 46.9 Å². The molecule has 0 aromatic heterocycles. The quantitative estimate of drug-likeness (QED) is 0.727. The third-order valence-electron chi connectivity index (χ3n) is 4.36. The standard InChI is InChI=1S/C19H17BrCl2N2O2/c20-16-10-14(22)7-8-15(16)19(26)24-9-1-2-17(24)18(25)23-11-12-3-5-13(21)6-4-12/h3-8,10,17H,1-2,9,11H2,(H,23,25). The SMILES string of the molecule is O=C(NCc1ccc(Cl)cc1)C1CCCN1C(=O)c1ccc(Cl)cc1Br. The molecule has 0 radical (unpaired) electrons. The fourth-order valence-corrected chi connectivity index (χ4v) is 3.99. The number of rotatable bonds is 4. The van der Waals surface area contributed by atoms with Gasteiger partial charge in [0.1, 0.15) is 6.04 Å². The van der Waals surface area contributed by atoms with Gasteiger partial charge in [-0.05, 0) is 64.7 Å². The summed E-state index contributed by atoms with van der Waals surface area (Å²) in [5, 5.41) is 4.11. The number of hydrogen-bond donors (Lipinski definition) is 1. The van der Waals surface area contributed by atoms with Crippen molar-refractivity contribution in [3.05, 3.63) is 68.1 Å². The first kappa shape index (κ1) is 19.2. The molecule has 1 heterocycles. The summed E-state index contributed by atoms with van der Waals surface area (Å²) < 4.78 is 0.627. The van der Waals surface area contributed by atoms with E-state index in [1.165, 1.54) is 0 Å². The Labute approximate surface area is 170 Å². The molecule has 136 valence electrons. The predicted octanol–water partition coefficient (Wildman–Crippen LogP) is 4.68. The van der Waals surface area contributed by atoms with Gasteiger partial charge in [-0.15, -0.1) is 0 Å². The summed E-state index contributed by atoms with van der Waals surface area (Å²) in [4.78, 5) is 27.1. The lowest BCUT2D eigenvalue weighted by Crippen LogP contribution is -2.45. The van der Waals surface area contributed by atoms with E-state index in [1.807, 2.05) is 12.1 Å². The molecule has 2 aromatic carbocycles. The maximum atomic E-state index is 12.9. The zero-order chi connectivity index (χ0) is 18.7. The van der Waals surface area contributed by atoms with Crippen molar-refractivity contribution in [1.29, 1.82) is 0 Å². The summed E-state index contributed by atoms with van der Waals surface area (Å²) in [5.41, 5.74) is 1.46. The van der Waals surface area contributed by atoms with Crippen molar-refractivity contribution in [2.45, 2.75) is 25.4 Å². The largest absolute Gasteiger partial charge is 0.350 e. The van der Waals surface area contributed by atoms with Crippen LogP contribution in [0.3, 0.4) is 0 Å². The third kappa shape index (κ3) is 4.40. The minimum atomic E-state index is -0.461. The zero-order valence-corrected chi connectivity index (χ0v) is 16.9. The van der Waals surface area contributed by atoms with E-state index in [-0.39, 0.29) is 11.8 Å². The van der Waals surface area contributed by atoms with Crippen LogP contribution in [0.25, 0.3) is 0 Å². The van der Waals surface area contributed by atoms with Gasteiger partial charge >= 0.3 is 0 Å². The summed E-state index contributed by atoms with van der Waals surface area (Å²) in [7, 11) is 0. The molecule has 2 amide bonds. The first-order valence-electron chi connectivity index (χ1n) is 8.24. The minimum absolute atomic E-state index is 0.143. The molecule has 1 unspecified atom stereocenters. The average molecular weight is 456 g/mol. The van der Waals surface area contributed by atoms with E-state index in [0.717, 1.165) is 12.0 Å². The molecule has 1 atom stereocenters. The van der Waals surface area contributed by atoms with Gasteiger partial charge in [0.2, 0.25) is 5.91 Å². The smallest absolute Gasteiger partial charge is 0.255 e. The summed E-state index contributed by atoms with van der Waals surface area (Å²) in [5.74, 6) is -0.312. The number of carbonyl (C=O) groups excluding carboxylic acids is 2. The summed E-state index contributed by atoms with van der Waals surface area (Å²) >= 11 is 15.2. The van der Waals surface area contributed by atoms with Gasteiger partial charge in [0, 0.05) is 27.6 Å². The summed E-state index contributed by atoms with van der Waals surface area (Å²) in [6, 6.07) is 11.9. The van der Waals surface area contributed by atoms with E-state index >= 15 is 0 Å². The fraction of sp³-hybridized carbons (Fsp3) is 0.263. The summed E-state index contributed by atoms with van der Waals surface area (Å²) in [6.45, 7) is 0.964. The van der Waals surface area contributed by atoms with Crippen molar-refractivity contribution in [3.8, 4) is 0 Å². The number of hydrogen-bond acceptors (Lipinski definition) is 2. The average Bonchev–Trinajstić information content (AvgIpc) is 3.10. The molecule has 0 bridgehead atoms. The number of likely N-dealkylation sites (tertiary alicyclic amines) is 1. The van der Waals surface area contributed by atoms with Crippen LogP contribution in [0, 0.1) is 0 Å². The Kier molecular flexibility index (Phi) is 6.22. The van der Waals surface area contributed by atoms with Gasteiger partial charge in [0.05, 0.1) is 5.56 Å². The van der Waals surface area contributed by atoms with Crippen LogP contribution in [0.1, 0.15) is 28.8 Å². The Bertz CT molecular complexity index is 827. The van der Waals surface area contributed by atoms with Crippen LogP contribution in [0.4, 0.5) is 0 Å². The summed E-state index contributed by atoms with van der Waals surface area (Å²) in [6.07, 6.45) is 1.46. The highest BCUT2D eigenvalue weighted by Crippen LogP contribution is 2.26. The second-order valence-electron chi connectivity index (χ2n) is 6.13. The molecule has 1 fully saturated rings. The van der Waals surface area contributed by atoms with Crippen LogP contribution in [-0.4, -0.2) is 29.3 Å². The topological polar surface area (TPSA) is 49.4 Å². The Hall–Kier alpha value is -1.56.